The number of nitrogens with zero attached hydrogens (tertiary/aromatic N) is 8. The first-order valence-corrected chi connectivity index (χ1v) is 40.6. The topological polar surface area (TPSA) is 35.3 Å². The van der Waals surface area contributed by atoms with Gasteiger partial charge in [-0.15, -0.1) is 0 Å². The van der Waals surface area contributed by atoms with Gasteiger partial charge in [0.1, 0.15) is 0 Å². The molecule has 0 aliphatic heterocycles. The van der Waals surface area contributed by atoms with Crippen LogP contribution in [0.5, 0.6) is 0 Å². The number of para-hydroxylation sites is 12. The van der Waals surface area contributed by atoms with E-state index in [1.807, 2.05) is 0 Å². The van der Waals surface area contributed by atoms with Crippen molar-refractivity contribution >= 4 is 305 Å². The van der Waals surface area contributed by atoms with Gasteiger partial charge in [0, 0.05) is 172 Å². The molecule has 0 amide bonds. The van der Waals surface area contributed by atoms with Gasteiger partial charge in [-0.05, 0) is 97.1 Å². The molecule has 0 aliphatic rings. The van der Waals surface area contributed by atoms with Crippen molar-refractivity contribution in [2.45, 2.75) is 0 Å². The van der Waals surface area contributed by atoms with Crippen molar-refractivity contribution in [3.05, 3.63) is 315 Å². The zero-order valence-corrected chi connectivity index (χ0v) is 61.6. The maximum absolute atomic E-state index is 2.57. The summed E-state index contributed by atoms with van der Waals surface area (Å²) in [6, 6.07) is 120. The lowest BCUT2D eigenvalue weighted by Gasteiger charge is -2.03. The van der Waals surface area contributed by atoms with Gasteiger partial charge in [-0.2, -0.15) is 0 Å². The molecule has 8 nitrogen and oxygen atoms in total. The Morgan fingerprint density at radius 3 is 0.379 bits per heavy atom. The van der Waals surface area contributed by atoms with Crippen molar-refractivity contribution in [2.75, 3.05) is 0 Å². The molecule has 0 N–H and O–H groups in total. The summed E-state index contributed by atoms with van der Waals surface area (Å²) in [5.41, 5.74) is 30.9. The first-order chi connectivity index (χ1) is 57.6. The Hall–Kier alpha value is -15.6. The van der Waals surface area contributed by atoms with Crippen molar-refractivity contribution in [1.29, 1.82) is 0 Å². The van der Waals surface area contributed by atoms with E-state index in [1.54, 1.807) is 0 Å². The fourth-order valence-corrected chi connectivity index (χ4v) is 24.6. The zero-order valence-electron chi connectivity index (χ0n) is 61.6. The number of hydrogen-bond donors (Lipinski definition) is 0. The number of hydrogen-bond acceptors (Lipinski definition) is 0. The highest BCUT2D eigenvalue weighted by atomic mass is 15.0. The van der Waals surface area contributed by atoms with Crippen molar-refractivity contribution in [1.82, 2.24) is 35.2 Å². The highest BCUT2D eigenvalue weighted by Crippen LogP contribution is 2.53. The molecule has 34 aromatic rings. The Bertz CT molecular complexity index is 10000. The molecule has 524 valence electrons. The summed E-state index contributed by atoms with van der Waals surface area (Å²) >= 11 is 0. The van der Waals surface area contributed by atoms with E-state index < -0.39 is 0 Å². The van der Waals surface area contributed by atoms with E-state index in [2.05, 4.69) is 351 Å². The van der Waals surface area contributed by atoms with Crippen LogP contribution in [0.15, 0.2) is 315 Å². The maximum Gasteiger partial charge on any atom is 0.0620 e. The van der Waals surface area contributed by atoms with E-state index in [9.17, 15) is 0 Å². The van der Waals surface area contributed by atoms with Crippen LogP contribution >= 0.6 is 0 Å². The van der Waals surface area contributed by atoms with Crippen LogP contribution in [0.4, 0.5) is 0 Å². The molecular formula is C108H52N8. The van der Waals surface area contributed by atoms with Gasteiger partial charge in [-0.3, -0.25) is 0 Å². The Morgan fingerprint density at radius 2 is 0.207 bits per heavy atom. The summed E-state index contributed by atoms with van der Waals surface area (Å²) < 4.78 is 20.3. The van der Waals surface area contributed by atoms with Crippen molar-refractivity contribution in [2.24, 2.45) is 0 Å². The van der Waals surface area contributed by atoms with E-state index in [-0.39, 0.29) is 0 Å². The van der Waals surface area contributed by atoms with Gasteiger partial charge in [0.2, 0.25) is 0 Å². The number of aromatic nitrogens is 8. The van der Waals surface area contributed by atoms with Gasteiger partial charge >= 0.3 is 0 Å². The molecule has 16 aromatic heterocycles. The van der Waals surface area contributed by atoms with E-state index in [4.69, 9.17) is 0 Å². The molecule has 0 bridgehead atoms. The summed E-state index contributed by atoms with van der Waals surface area (Å²) in [5, 5.41) is 42.0. The Balaban J connectivity index is 0.000000111. The zero-order chi connectivity index (χ0) is 73.7. The lowest BCUT2D eigenvalue weighted by molar-refractivity contribution is 1.34. The van der Waals surface area contributed by atoms with Crippen LogP contribution in [0, 0.1) is 0 Å². The minimum Gasteiger partial charge on any atom is -0.308 e. The van der Waals surface area contributed by atoms with Crippen molar-refractivity contribution < 1.29 is 0 Å². The number of benzene rings is 18. The monoisotopic (exact) mass is 1460 g/mol. The minimum atomic E-state index is 1.26. The molecule has 18 aromatic carbocycles. The highest BCUT2D eigenvalue weighted by Gasteiger charge is 2.31. The SMILES string of the molecule is c1ccc2c(c1)c1cccc3c4cc5c(cc4n2c13)c1cccc2c3cc4c(cc3n5c12)c1cccc2c3cc5c(cc3n4c21)c1cccc2c3ccccc3n5c21.c1ccc2c(c1)c1cccc3c4cc5c6cccc7c8cc9c(cc8n(c5cc4n2c13)c76)c1cccc2c3cc4c5cccc6c7ccccc7n(c4cc3n9c12)c65. The predicted octanol–water partition coefficient (Wildman–Crippen LogP) is 28.6. The molecule has 0 aliphatic carbocycles. The molecule has 0 saturated heterocycles. The maximum atomic E-state index is 2.57. The largest absolute Gasteiger partial charge is 0.308 e. The summed E-state index contributed by atoms with van der Waals surface area (Å²) in [6.45, 7) is 0. The summed E-state index contributed by atoms with van der Waals surface area (Å²) in [7, 11) is 0. The number of fused-ring (bicyclic) bond motifs is 48. The summed E-state index contributed by atoms with van der Waals surface area (Å²) in [4.78, 5) is 0. The van der Waals surface area contributed by atoms with Crippen LogP contribution < -0.4 is 0 Å². The second-order valence-corrected chi connectivity index (χ2v) is 33.7. The summed E-state index contributed by atoms with van der Waals surface area (Å²) in [5.74, 6) is 0. The molecule has 0 fully saturated rings. The van der Waals surface area contributed by atoms with Gasteiger partial charge in [0.15, 0.2) is 0 Å². The molecule has 8 heteroatoms. The fourth-order valence-electron chi connectivity index (χ4n) is 24.6. The van der Waals surface area contributed by atoms with E-state index in [0.717, 1.165) is 0 Å². The minimum absolute atomic E-state index is 1.26. The molecule has 116 heavy (non-hydrogen) atoms. The lowest BCUT2D eigenvalue weighted by atomic mass is 10.0. The molecule has 16 heterocycles. The standard InChI is InChI=1S/2C54H26N4/c1-3-19-43-27(9-1)29-11-5-13-31-37-23-47-39(21-45(37)55(43)51(29)31)33-15-7-17-35-41-26-50-42(25-49(41)57(47)53(33)35)36-18-8-16-34-40-22-46-38(24-48(40)58(50)54(34)36)32-14-6-12-30-28-10-2-4-20-44(28)56(46)52(30)32;1-3-19-43-27(9-1)29-11-5-13-31-37-21-39-33-15-7-17-35-41-24-46-42(23-45(41)57(53(33)35)49(39)25-47(37)55(43)51(29)31)36-18-8-16-34-40-22-38-32-14-6-12-30-28-10-2-4-20-44(28)56(52(30)32)48(38)26-50(40)58(46)54(34)36/h2*1-26H. The average Bonchev–Trinajstić information content (AvgIpc) is 1.50. The van der Waals surface area contributed by atoms with Gasteiger partial charge in [0.25, 0.3) is 0 Å². The molecule has 0 radical (unpaired) electrons. The summed E-state index contributed by atoms with van der Waals surface area (Å²) in [6.07, 6.45) is 0. The Morgan fingerprint density at radius 1 is 0.0862 bits per heavy atom. The quantitative estimate of drug-likeness (QED) is 0.145. The molecule has 0 spiro atoms. The fraction of sp³-hybridized carbons (Fsp3) is 0. The van der Waals surface area contributed by atoms with E-state index in [0.29, 0.717) is 0 Å². The van der Waals surface area contributed by atoms with Crippen LogP contribution in [0.3, 0.4) is 0 Å². The first kappa shape index (κ1) is 56.6. The Labute approximate surface area is 651 Å². The van der Waals surface area contributed by atoms with E-state index >= 15 is 0 Å². The van der Waals surface area contributed by atoms with Crippen LogP contribution in [0.1, 0.15) is 0 Å². The van der Waals surface area contributed by atoms with Crippen LogP contribution in [0.2, 0.25) is 0 Å². The molecule has 0 unspecified atom stereocenters. The Kier molecular flexibility index (Phi) is 8.99. The first-order valence-electron chi connectivity index (χ1n) is 40.6. The average molecular weight is 1460 g/mol. The normalized spacial score (nSPS) is 13.5. The predicted molar refractivity (Wildman–Crippen MR) is 490 cm³/mol. The third-order valence-electron chi connectivity index (χ3n) is 28.9. The molecule has 0 saturated carbocycles. The van der Waals surface area contributed by atoms with Gasteiger partial charge in [-0.1, -0.05) is 218 Å². The van der Waals surface area contributed by atoms with E-state index in [1.165, 1.54) is 305 Å². The van der Waals surface area contributed by atoms with Gasteiger partial charge in [-0.25, -0.2) is 0 Å². The second-order valence-electron chi connectivity index (χ2n) is 33.7. The molecule has 0 atom stereocenters. The van der Waals surface area contributed by atoms with Crippen LogP contribution in [0.25, 0.3) is 305 Å². The lowest BCUT2D eigenvalue weighted by Crippen LogP contribution is -1.85. The van der Waals surface area contributed by atoms with Crippen LogP contribution in [-0.2, 0) is 0 Å². The van der Waals surface area contributed by atoms with Crippen molar-refractivity contribution in [3.63, 3.8) is 0 Å². The van der Waals surface area contributed by atoms with Gasteiger partial charge in [0.05, 0.1) is 132 Å². The van der Waals surface area contributed by atoms with Crippen LogP contribution in [-0.4, -0.2) is 35.2 Å². The molecular weight excluding hydrogens is 1410 g/mol. The van der Waals surface area contributed by atoms with Gasteiger partial charge < -0.3 is 35.2 Å². The molecule has 34 rings (SSSR count). The third kappa shape index (κ3) is 5.93. The number of rotatable bonds is 0. The van der Waals surface area contributed by atoms with Crippen molar-refractivity contribution in [3.8, 4) is 0 Å². The highest BCUT2D eigenvalue weighted by molar-refractivity contribution is 6.37. The third-order valence-corrected chi connectivity index (χ3v) is 28.9. The second kappa shape index (κ2) is 18.4. The smallest absolute Gasteiger partial charge is 0.0620 e.